The van der Waals surface area contributed by atoms with Gasteiger partial charge >= 0.3 is 0 Å². The molecule has 110 valence electrons. The molecule has 21 heavy (non-hydrogen) atoms. The fraction of sp³-hybridized carbons (Fsp3) is 0.375. The number of nitrogens with one attached hydrogen (secondary N) is 1. The van der Waals surface area contributed by atoms with E-state index in [1.165, 1.54) is 5.56 Å². The summed E-state index contributed by atoms with van der Waals surface area (Å²) in [4.78, 5) is 12.9. The Bertz CT molecular complexity index is 678. The van der Waals surface area contributed by atoms with Crippen LogP contribution in [0.5, 0.6) is 0 Å². The number of fused-ring (bicyclic) bond motifs is 1. The lowest BCUT2D eigenvalue weighted by Gasteiger charge is -2.20. The topological polar surface area (TPSA) is 46.9 Å². The monoisotopic (exact) mass is 303 g/mol. The van der Waals surface area contributed by atoms with Crippen LogP contribution in [0.15, 0.2) is 24.4 Å². The van der Waals surface area contributed by atoms with Crippen LogP contribution in [0.25, 0.3) is 0 Å². The third-order valence-electron chi connectivity index (χ3n) is 3.83. The van der Waals surface area contributed by atoms with Crippen LogP contribution in [0.2, 0.25) is 5.02 Å². The Hall–Kier alpha value is -1.65. The number of carbonyl (C=O) groups is 1. The van der Waals surface area contributed by atoms with E-state index >= 15 is 0 Å². The molecule has 1 aromatic heterocycles. The van der Waals surface area contributed by atoms with Crippen LogP contribution >= 0.6 is 11.6 Å². The molecule has 2 heterocycles. The second kappa shape index (κ2) is 6.00. The van der Waals surface area contributed by atoms with Gasteiger partial charge in [0.1, 0.15) is 5.69 Å². The van der Waals surface area contributed by atoms with Gasteiger partial charge in [-0.1, -0.05) is 36.7 Å². The SMILES string of the molecule is CCCn1ncc(Cl)c1C(=O)c1cccc2c1CCNC2. The Balaban J connectivity index is 2.05. The molecule has 0 saturated heterocycles. The van der Waals surface area contributed by atoms with Gasteiger partial charge in [-0.25, -0.2) is 0 Å². The zero-order valence-electron chi connectivity index (χ0n) is 12.0. The van der Waals surface area contributed by atoms with Gasteiger partial charge in [0.25, 0.3) is 0 Å². The first-order chi connectivity index (χ1) is 10.2. The van der Waals surface area contributed by atoms with Crippen molar-refractivity contribution in [3.63, 3.8) is 0 Å². The van der Waals surface area contributed by atoms with E-state index < -0.39 is 0 Å². The van der Waals surface area contributed by atoms with E-state index in [1.807, 2.05) is 12.1 Å². The maximum Gasteiger partial charge on any atom is 0.212 e. The smallest absolute Gasteiger partial charge is 0.212 e. The van der Waals surface area contributed by atoms with Crippen LogP contribution < -0.4 is 5.32 Å². The van der Waals surface area contributed by atoms with Gasteiger partial charge in [-0.05, 0) is 30.5 Å². The summed E-state index contributed by atoms with van der Waals surface area (Å²) in [6.45, 7) is 4.47. The van der Waals surface area contributed by atoms with E-state index in [9.17, 15) is 4.79 Å². The van der Waals surface area contributed by atoms with E-state index in [0.717, 1.165) is 37.1 Å². The van der Waals surface area contributed by atoms with Crippen molar-refractivity contribution in [2.75, 3.05) is 6.54 Å². The molecule has 1 aliphatic heterocycles. The lowest BCUT2D eigenvalue weighted by Crippen LogP contribution is -2.26. The molecule has 0 atom stereocenters. The second-order valence-corrected chi connectivity index (χ2v) is 5.67. The number of aromatic nitrogens is 2. The number of hydrogen-bond acceptors (Lipinski definition) is 3. The highest BCUT2D eigenvalue weighted by Gasteiger charge is 2.23. The third-order valence-corrected chi connectivity index (χ3v) is 4.11. The maximum atomic E-state index is 12.9. The standard InChI is InChI=1S/C16H18ClN3O/c1-2-8-20-15(14(17)10-19-20)16(21)13-5-3-4-11-9-18-7-6-12(11)13/h3-5,10,18H,2,6-9H2,1H3. The second-order valence-electron chi connectivity index (χ2n) is 5.26. The lowest BCUT2D eigenvalue weighted by atomic mass is 9.92. The van der Waals surface area contributed by atoms with Crippen LogP contribution in [-0.4, -0.2) is 22.1 Å². The summed E-state index contributed by atoms with van der Waals surface area (Å²) in [5, 5.41) is 7.98. The molecule has 1 aromatic carbocycles. The molecule has 1 N–H and O–H groups in total. The predicted octanol–water partition coefficient (Wildman–Crippen LogP) is 2.82. The molecular formula is C16H18ClN3O. The fourth-order valence-corrected chi connectivity index (χ4v) is 3.07. The summed E-state index contributed by atoms with van der Waals surface area (Å²) >= 11 is 6.19. The Morgan fingerprint density at radius 3 is 3.14 bits per heavy atom. The molecule has 0 unspecified atom stereocenters. The number of nitrogens with zero attached hydrogens (tertiary/aromatic N) is 2. The highest BCUT2D eigenvalue weighted by Crippen LogP contribution is 2.25. The predicted molar refractivity (Wildman–Crippen MR) is 82.8 cm³/mol. The summed E-state index contributed by atoms with van der Waals surface area (Å²) in [5.74, 6) is -0.0234. The molecule has 0 fully saturated rings. The molecule has 1 aliphatic rings. The van der Waals surface area contributed by atoms with Crippen LogP contribution in [0, 0.1) is 0 Å². The minimum Gasteiger partial charge on any atom is -0.312 e. The Kier molecular flexibility index (Phi) is 4.08. The lowest BCUT2D eigenvalue weighted by molar-refractivity contribution is 0.102. The number of aryl methyl sites for hydroxylation is 1. The van der Waals surface area contributed by atoms with E-state index in [0.29, 0.717) is 17.3 Å². The summed E-state index contributed by atoms with van der Waals surface area (Å²) in [5.41, 5.74) is 3.60. The van der Waals surface area contributed by atoms with E-state index in [4.69, 9.17) is 11.6 Å². The fourth-order valence-electron chi connectivity index (χ4n) is 2.84. The van der Waals surface area contributed by atoms with Crippen molar-refractivity contribution in [1.82, 2.24) is 15.1 Å². The Morgan fingerprint density at radius 1 is 1.48 bits per heavy atom. The van der Waals surface area contributed by atoms with Crippen molar-refractivity contribution in [2.24, 2.45) is 0 Å². The average molecular weight is 304 g/mol. The molecule has 0 bridgehead atoms. The van der Waals surface area contributed by atoms with E-state index in [-0.39, 0.29) is 5.78 Å². The quantitative estimate of drug-likeness (QED) is 0.884. The molecule has 0 saturated carbocycles. The molecule has 0 spiro atoms. The number of carbonyl (C=O) groups excluding carboxylic acids is 1. The summed E-state index contributed by atoms with van der Waals surface area (Å²) in [7, 11) is 0. The van der Waals surface area contributed by atoms with Gasteiger partial charge in [-0.3, -0.25) is 9.48 Å². The number of rotatable bonds is 4. The molecular weight excluding hydrogens is 286 g/mol. The zero-order valence-corrected chi connectivity index (χ0v) is 12.8. The zero-order chi connectivity index (χ0) is 14.8. The molecule has 2 aromatic rings. The molecule has 3 rings (SSSR count). The van der Waals surface area contributed by atoms with Crippen molar-refractivity contribution in [3.8, 4) is 0 Å². The normalized spacial score (nSPS) is 14.0. The Labute approximate surface area is 129 Å². The number of hydrogen-bond donors (Lipinski definition) is 1. The van der Waals surface area contributed by atoms with Gasteiger partial charge < -0.3 is 5.32 Å². The van der Waals surface area contributed by atoms with Crippen molar-refractivity contribution in [2.45, 2.75) is 32.9 Å². The molecule has 0 amide bonds. The minimum absolute atomic E-state index is 0.0234. The number of halogens is 1. The van der Waals surface area contributed by atoms with E-state index in [1.54, 1.807) is 10.9 Å². The average Bonchev–Trinajstić information content (AvgIpc) is 2.87. The maximum absolute atomic E-state index is 12.9. The van der Waals surface area contributed by atoms with Gasteiger partial charge in [0, 0.05) is 18.7 Å². The highest BCUT2D eigenvalue weighted by atomic mass is 35.5. The third kappa shape index (κ3) is 2.61. The number of ketones is 1. The van der Waals surface area contributed by atoms with Crippen molar-refractivity contribution < 1.29 is 4.79 Å². The Morgan fingerprint density at radius 2 is 2.33 bits per heavy atom. The van der Waals surface area contributed by atoms with Gasteiger partial charge in [-0.15, -0.1) is 0 Å². The van der Waals surface area contributed by atoms with Crippen molar-refractivity contribution in [3.05, 3.63) is 51.8 Å². The van der Waals surface area contributed by atoms with Crippen LogP contribution in [0.4, 0.5) is 0 Å². The molecule has 5 heteroatoms. The first-order valence-corrected chi connectivity index (χ1v) is 7.67. The largest absolute Gasteiger partial charge is 0.312 e. The minimum atomic E-state index is -0.0234. The van der Waals surface area contributed by atoms with E-state index in [2.05, 4.69) is 23.4 Å². The number of benzene rings is 1. The first kappa shape index (κ1) is 14.3. The van der Waals surface area contributed by atoms with Crippen molar-refractivity contribution in [1.29, 1.82) is 0 Å². The summed E-state index contributed by atoms with van der Waals surface area (Å²) in [6, 6.07) is 5.91. The van der Waals surface area contributed by atoms with Crippen LogP contribution in [0.1, 0.15) is 40.5 Å². The van der Waals surface area contributed by atoms with Gasteiger partial charge in [-0.2, -0.15) is 5.10 Å². The first-order valence-electron chi connectivity index (χ1n) is 7.30. The van der Waals surface area contributed by atoms with Crippen LogP contribution in [0.3, 0.4) is 0 Å². The van der Waals surface area contributed by atoms with Gasteiger partial charge in [0.2, 0.25) is 5.78 Å². The van der Waals surface area contributed by atoms with Crippen LogP contribution in [-0.2, 0) is 19.5 Å². The highest BCUT2D eigenvalue weighted by molar-refractivity contribution is 6.34. The van der Waals surface area contributed by atoms with Gasteiger partial charge in [0.05, 0.1) is 11.2 Å². The molecule has 0 radical (unpaired) electrons. The summed E-state index contributed by atoms with van der Waals surface area (Å²) in [6.07, 6.45) is 3.34. The molecule has 4 nitrogen and oxygen atoms in total. The van der Waals surface area contributed by atoms with Crippen molar-refractivity contribution >= 4 is 17.4 Å². The molecule has 0 aliphatic carbocycles. The van der Waals surface area contributed by atoms with Gasteiger partial charge in [0.15, 0.2) is 0 Å². The summed E-state index contributed by atoms with van der Waals surface area (Å²) < 4.78 is 1.71.